The molecule has 1 N–H and O–H groups in total. The molecule has 0 saturated carbocycles. The van der Waals surface area contributed by atoms with E-state index < -0.39 is 0 Å². The molecule has 2 aliphatic rings. The third kappa shape index (κ3) is 2.32. The number of nitrogens with zero attached hydrogens (tertiary/aromatic N) is 1. The number of rotatable bonds is 4. The van der Waals surface area contributed by atoms with Crippen LogP contribution in [0.2, 0.25) is 0 Å². The summed E-state index contributed by atoms with van der Waals surface area (Å²) in [5, 5.41) is 3.35. The van der Waals surface area contributed by atoms with Crippen LogP contribution in [0.4, 0.5) is 0 Å². The zero-order valence-electron chi connectivity index (χ0n) is 9.37. The van der Waals surface area contributed by atoms with Crippen LogP contribution in [-0.2, 0) is 9.53 Å². The molecule has 4 nitrogen and oxygen atoms in total. The minimum absolute atomic E-state index is 0.264. The van der Waals surface area contributed by atoms with Crippen LogP contribution < -0.4 is 5.32 Å². The molecule has 0 radical (unpaired) electrons. The Hall–Kier alpha value is -0.610. The van der Waals surface area contributed by atoms with Gasteiger partial charge in [0.1, 0.15) is 0 Å². The van der Waals surface area contributed by atoms with E-state index in [0.717, 1.165) is 26.1 Å². The van der Waals surface area contributed by atoms with E-state index in [1.54, 1.807) is 0 Å². The number of nitrogens with one attached hydrogen (secondary N) is 1. The first kappa shape index (κ1) is 10.9. The van der Waals surface area contributed by atoms with Crippen LogP contribution in [0, 0.1) is 5.92 Å². The Morgan fingerprint density at radius 1 is 1.53 bits per heavy atom. The van der Waals surface area contributed by atoms with Crippen molar-refractivity contribution in [2.45, 2.75) is 25.8 Å². The Morgan fingerprint density at radius 2 is 2.40 bits per heavy atom. The average molecular weight is 212 g/mol. The number of carbonyl (C=O) groups is 1. The first-order chi connectivity index (χ1) is 7.33. The van der Waals surface area contributed by atoms with Gasteiger partial charge in [-0.2, -0.15) is 0 Å². The van der Waals surface area contributed by atoms with E-state index in [9.17, 15) is 4.79 Å². The van der Waals surface area contributed by atoms with Gasteiger partial charge in [-0.3, -0.25) is 4.79 Å². The monoisotopic (exact) mass is 212 g/mol. The molecule has 4 heteroatoms. The zero-order chi connectivity index (χ0) is 10.7. The third-order valence-corrected chi connectivity index (χ3v) is 3.43. The van der Waals surface area contributed by atoms with Crippen molar-refractivity contribution in [1.29, 1.82) is 0 Å². The van der Waals surface area contributed by atoms with Crippen molar-refractivity contribution in [3.05, 3.63) is 0 Å². The van der Waals surface area contributed by atoms with Crippen molar-refractivity contribution in [3.63, 3.8) is 0 Å². The summed E-state index contributed by atoms with van der Waals surface area (Å²) in [5.41, 5.74) is 0. The smallest absolute Gasteiger partial charge is 0.225 e. The van der Waals surface area contributed by atoms with E-state index in [1.165, 1.54) is 0 Å². The molecule has 86 valence electrons. The van der Waals surface area contributed by atoms with Gasteiger partial charge in [0, 0.05) is 32.3 Å². The lowest BCUT2D eigenvalue weighted by Crippen LogP contribution is -2.39. The highest BCUT2D eigenvalue weighted by atomic mass is 16.5. The van der Waals surface area contributed by atoms with Crippen LogP contribution in [0.1, 0.15) is 19.8 Å². The quantitative estimate of drug-likeness (QED) is 0.678. The number of hydrogen-bond acceptors (Lipinski definition) is 3. The van der Waals surface area contributed by atoms with Crippen LogP contribution in [0.3, 0.4) is 0 Å². The molecule has 0 bridgehead atoms. The second-order valence-electron chi connectivity index (χ2n) is 4.31. The molecule has 2 atom stereocenters. The van der Waals surface area contributed by atoms with Crippen LogP contribution in [-0.4, -0.2) is 49.7 Å². The molecule has 2 fully saturated rings. The maximum atomic E-state index is 11.9. The fraction of sp³-hybridized carbons (Fsp3) is 0.909. The van der Waals surface area contributed by atoms with E-state index in [2.05, 4.69) is 5.32 Å². The van der Waals surface area contributed by atoms with Crippen LogP contribution >= 0.6 is 0 Å². The fourth-order valence-electron chi connectivity index (χ4n) is 2.61. The van der Waals surface area contributed by atoms with Gasteiger partial charge in [-0.25, -0.2) is 0 Å². The Bertz CT molecular complexity index is 233. The summed E-state index contributed by atoms with van der Waals surface area (Å²) in [6, 6.07) is 0.458. The molecule has 0 aromatic heterocycles. The van der Waals surface area contributed by atoms with Gasteiger partial charge < -0.3 is 15.0 Å². The van der Waals surface area contributed by atoms with Crippen LogP contribution in [0.5, 0.6) is 0 Å². The highest BCUT2D eigenvalue weighted by Crippen LogP contribution is 2.27. The summed E-state index contributed by atoms with van der Waals surface area (Å²) in [6.45, 7) is 6.22. The lowest BCUT2D eigenvalue weighted by molar-refractivity contribution is -0.133. The van der Waals surface area contributed by atoms with Crippen LogP contribution in [0.25, 0.3) is 0 Å². The molecule has 0 unspecified atom stereocenters. The van der Waals surface area contributed by atoms with E-state index in [1.807, 2.05) is 11.8 Å². The molecule has 2 rings (SSSR count). The second kappa shape index (κ2) is 4.94. The van der Waals surface area contributed by atoms with Gasteiger partial charge >= 0.3 is 0 Å². The Kier molecular flexibility index (Phi) is 3.59. The maximum Gasteiger partial charge on any atom is 0.225 e. The van der Waals surface area contributed by atoms with Crippen molar-refractivity contribution in [1.82, 2.24) is 10.2 Å². The molecular weight excluding hydrogens is 192 g/mol. The second-order valence-corrected chi connectivity index (χ2v) is 4.31. The summed E-state index contributed by atoms with van der Waals surface area (Å²) in [5.74, 6) is 0.959. The molecule has 2 heterocycles. The predicted molar refractivity (Wildman–Crippen MR) is 57.6 cm³/mol. The van der Waals surface area contributed by atoms with E-state index in [4.69, 9.17) is 4.74 Å². The molecule has 0 aliphatic carbocycles. The summed E-state index contributed by atoms with van der Waals surface area (Å²) in [7, 11) is 0. The van der Waals surface area contributed by atoms with Gasteiger partial charge in [0.25, 0.3) is 0 Å². The molecule has 1 amide bonds. The Balaban J connectivity index is 1.80. The van der Waals surface area contributed by atoms with Gasteiger partial charge in [-0.1, -0.05) is 0 Å². The van der Waals surface area contributed by atoms with Crippen molar-refractivity contribution >= 4 is 5.91 Å². The highest BCUT2D eigenvalue weighted by molar-refractivity contribution is 5.77. The minimum atomic E-state index is 0.264. The lowest BCUT2D eigenvalue weighted by atomic mass is 10.1. The molecule has 0 aromatic rings. The normalized spacial score (nSPS) is 29.5. The molecule has 2 saturated heterocycles. The number of likely N-dealkylation sites (tertiary alicyclic amines) is 1. The SMILES string of the molecule is CCOCCC(=O)N1CC[C@H]2CNC[C@H]21. The molecule has 2 aliphatic heterocycles. The van der Waals surface area contributed by atoms with Gasteiger partial charge in [0.05, 0.1) is 13.0 Å². The Morgan fingerprint density at radius 3 is 3.20 bits per heavy atom. The maximum absolute atomic E-state index is 11.9. The van der Waals surface area contributed by atoms with Crippen molar-refractivity contribution in [2.24, 2.45) is 5.92 Å². The summed E-state index contributed by atoms with van der Waals surface area (Å²) in [4.78, 5) is 13.9. The lowest BCUT2D eigenvalue weighted by Gasteiger charge is -2.23. The van der Waals surface area contributed by atoms with E-state index >= 15 is 0 Å². The van der Waals surface area contributed by atoms with Crippen LogP contribution in [0.15, 0.2) is 0 Å². The summed E-state index contributed by atoms with van der Waals surface area (Å²) < 4.78 is 5.21. The van der Waals surface area contributed by atoms with E-state index in [0.29, 0.717) is 31.6 Å². The fourth-order valence-corrected chi connectivity index (χ4v) is 2.61. The van der Waals surface area contributed by atoms with Crippen molar-refractivity contribution in [3.8, 4) is 0 Å². The van der Waals surface area contributed by atoms with Gasteiger partial charge in [0.15, 0.2) is 0 Å². The van der Waals surface area contributed by atoms with E-state index in [-0.39, 0.29) is 5.91 Å². The largest absolute Gasteiger partial charge is 0.381 e. The number of ether oxygens (including phenoxy) is 1. The third-order valence-electron chi connectivity index (χ3n) is 3.43. The summed E-state index contributed by atoms with van der Waals surface area (Å²) in [6.07, 6.45) is 1.70. The van der Waals surface area contributed by atoms with Crippen molar-refractivity contribution in [2.75, 3.05) is 32.8 Å². The molecule has 15 heavy (non-hydrogen) atoms. The topological polar surface area (TPSA) is 41.6 Å². The predicted octanol–water partition coefficient (Wildman–Crippen LogP) is 0.233. The van der Waals surface area contributed by atoms with Gasteiger partial charge in [-0.05, 0) is 19.3 Å². The zero-order valence-corrected chi connectivity index (χ0v) is 9.37. The molecular formula is C11H20N2O2. The standard InChI is InChI=1S/C11H20N2O2/c1-2-15-6-4-11(14)13-5-3-9-7-12-8-10(9)13/h9-10,12H,2-8H2,1H3/t9-,10+/m0/s1. The number of fused-ring (bicyclic) bond motifs is 1. The average Bonchev–Trinajstić information content (AvgIpc) is 2.78. The van der Waals surface area contributed by atoms with Gasteiger partial charge in [0.2, 0.25) is 5.91 Å². The van der Waals surface area contributed by atoms with Gasteiger partial charge in [-0.15, -0.1) is 0 Å². The number of hydrogen-bond donors (Lipinski definition) is 1. The number of amides is 1. The highest BCUT2D eigenvalue weighted by Gasteiger charge is 2.39. The number of carbonyl (C=O) groups excluding carboxylic acids is 1. The molecule has 0 spiro atoms. The first-order valence-corrected chi connectivity index (χ1v) is 5.91. The Labute approximate surface area is 91.0 Å². The first-order valence-electron chi connectivity index (χ1n) is 5.91. The minimum Gasteiger partial charge on any atom is -0.381 e. The van der Waals surface area contributed by atoms with Crippen molar-refractivity contribution < 1.29 is 9.53 Å². The molecule has 0 aromatic carbocycles. The summed E-state index contributed by atoms with van der Waals surface area (Å²) >= 11 is 0.